The number of phosphoric acid groups is 1. The minimum Gasteiger partial charge on any atom is -0.462 e. The Morgan fingerprint density at radius 1 is 0.627 bits per heavy atom. The summed E-state index contributed by atoms with van der Waals surface area (Å²) in [6, 6.07) is 0. The number of rotatable bonds is 34. The molecule has 0 saturated carbocycles. The third kappa shape index (κ3) is 36.8. The van der Waals surface area contributed by atoms with Crippen LogP contribution < -0.4 is 5.73 Å². The van der Waals surface area contributed by atoms with Crippen LogP contribution in [0.2, 0.25) is 0 Å². The molecule has 10 heteroatoms. The van der Waals surface area contributed by atoms with Crippen LogP contribution in [0, 0.1) is 0 Å². The molecule has 290 valence electrons. The molecule has 0 aliphatic rings. The van der Waals surface area contributed by atoms with Crippen LogP contribution in [-0.2, 0) is 32.7 Å². The molecule has 0 aliphatic carbocycles. The number of hydrogen-bond acceptors (Lipinski definition) is 8. The molecule has 0 aliphatic heterocycles. The summed E-state index contributed by atoms with van der Waals surface area (Å²) in [4.78, 5) is 34.7. The molecule has 1 unspecified atom stereocenters. The van der Waals surface area contributed by atoms with Crippen molar-refractivity contribution in [1.82, 2.24) is 0 Å². The van der Waals surface area contributed by atoms with Gasteiger partial charge in [-0.1, -0.05) is 131 Å². The molecule has 0 radical (unpaired) electrons. The molecule has 0 saturated heterocycles. The maximum absolute atomic E-state index is 12.5. The lowest BCUT2D eigenvalue weighted by Crippen LogP contribution is -2.29. The fourth-order valence-electron chi connectivity index (χ4n) is 4.53. The molecular formula is C41H68NO8P. The van der Waals surface area contributed by atoms with Crippen LogP contribution in [0.25, 0.3) is 0 Å². The fraction of sp³-hybridized carbons (Fsp3) is 0.610. The first-order valence-electron chi connectivity index (χ1n) is 19.1. The van der Waals surface area contributed by atoms with Crippen molar-refractivity contribution in [2.75, 3.05) is 26.4 Å². The van der Waals surface area contributed by atoms with E-state index in [9.17, 15) is 19.0 Å². The van der Waals surface area contributed by atoms with Crippen molar-refractivity contribution in [3.05, 3.63) is 85.1 Å². The molecule has 0 bridgehead atoms. The highest BCUT2D eigenvalue weighted by atomic mass is 31.2. The molecule has 0 rings (SSSR count). The first-order chi connectivity index (χ1) is 24.8. The van der Waals surface area contributed by atoms with Crippen molar-refractivity contribution >= 4 is 19.8 Å². The number of phosphoric ester groups is 1. The van der Waals surface area contributed by atoms with Gasteiger partial charge < -0.3 is 20.1 Å². The van der Waals surface area contributed by atoms with E-state index in [2.05, 4.69) is 68.5 Å². The Kier molecular flexibility index (Phi) is 34.9. The fourth-order valence-corrected chi connectivity index (χ4v) is 5.30. The Morgan fingerprint density at radius 2 is 1.16 bits per heavy atom. The average Bonchev–Trinajstić information content (AvgIpc) is 3.11. The van der Waals surface area contributed by atoms with E-state index in [1.165, 1.54) is 19.3 Å². The second kappa shape index (κ2) is 37.0. The van der Waals surface area contributed by atoms with Gasteiger partial charge in [0.25, 0.3) is 0 Å². The summed E-state index contributed by atoms with van der Waals surface area (Å²) in [5, 5.41) is 0. The van der Waals surface area contributed by atoms with E-state index in [4.69, 9.17) is 24.3 Å². The normalized spacial score (nSPS) is 14.4. The molecular weight excluding hydrogens is 665 g/mol. The summed E-state index contributed by atoms with van der Waals surface area (Å²) in [5.74, 6) is -0.912. The molecule has 3 N–H and O–H groups in total. The number of nitrogens with two attached hydrogens (primary N) is 1. The van der Waals surface area contributed by atoms with Crippen molar-refractivity contribution < 1.29 is 37.6 Å². The van der Waals surface area contributed by atoms with E-state index in [1.54, 1.807) is 0 Å². The van der Waals surface area contributed by atoms with Crippen LogP contribution in [0.15, 0.2) is 85.1 Å². The molecule has 0 fully saturated rings. The average molecular weight is 734 g/mol. The molecule has 9 nitrogen and oxygen atoms in total. The van der Waals surface area contributed by atoms with Gasteiger partial charge >= 0.3 is 19.8 Å². The highest BCUT2D eigenvalue weighted by Gasteiger charge is 2.25. The third-order valence-corrected chi connectivity index (χ3v) is 8.34. The summed E-state index contributed by atoms with van der Waals surface area (Å²) in [7, 11) is -4.39. The van der Waals surface area contributed by atoms with E-state index in [0.717, 1.165) is 70.6 Å². The number of ether oxygens (including phenoxy) is 2. The van der Waals surface area contributed by atoms with E-state index < -0.39 is 32.5 Å². The predicted molar refractivity (Wildman–Crippen MR) is 210 cm³/mol. The molecule has 0 spiro atoms. The van der Waals surface area contributed by atoms with Gasteiger partial charge in [0, 0.05) is 19.4 Å². The number of unbranched alkanes of at least 4 members (excludes halogenated alkanes) is 10. The highest BCUT2D eigenvalue weighted by molar-refractivity contribution is 7.47. The van der Waals surface area contributed by atoms with Gasteiger partial charge in [-0.3, -0.25) is 18.6 Å². The van der Waals surface area contributed by atoms with Gasteiger partial charge in [-0.25, -0.2) is 4.57 Å². The van der Waals surface area contributed by atoms with E-state index in [-0.39, 0.29) is 32.6 Å². The largest absolute Gasteiger partial charge is 0.472 e. The minimum absolute atomic E-state index is 0.0389. The molecule has 0 amide bonds. The van der Waals surface area contributed by atoms with Gasteiger partial charge in [0.1, 0.15) is 6.61 Å². The van der Waals surface area contributed by atoms with E-state index >= 15 is 0 Å². The van der Waals surface area contributed by atoms with E-state index in [0.29, 0.717) is 12.8 Å². The number of hydrogen-bond donors (Lipinski definition) is 2. The molecule has 0 heterocycles. The zero-order valence-electron chi connectivity index (χ0n) is 31.5. The number of allylic oxidation sites excluding steroid dienone is 14. The Balaban J connectivity index is 4.36. The molecule has 0 aromatic rings. The number of esters is 2. The smallest absolute Gasteiger partial charge is 0.462 e. The van der Waals surface area contributed by atoms with Gasteiger partial charge in [0.2, 0.25) is 0 Å². The zero-order valence-corrected chi connectivity index (χ0v) is 32.4. The predicted octanol–water partition coefficient (Wildman–Crippen LogP) is 10.5. The number of carbonyl (C=O) groups is 2. The monoisotopic (exact) mass is 733 g/mol. The van der Waals surface area contributed by atoms with Gasteiger partial charge in [-0.15, -0.1) is 0 Å². The van der Waals surface area contributed by atoms with Crippen LogP contribution in [-0.4, -0.2) is 49.3 Å². The summed E-state index contributed by atoms with van der Waals surface area (Å²) in [6.07, 6.45) is 44.7. The van der Waals surface area contributed by atoms with Crippen molar-refractivity contribution in [2.24, 2.45) is 5.73 Å². The van der Waals surface area contributed by atoms with Crippen LogP contribution in [0.1, 0.15) is 129 Å². The lowest BCUT2D eigenvalue weighted by molar-refractivity contribution is -0.161. The second-order valence-electron chi connectivity index (χ2n) is 12.1. The lowest BCUT2D eigenvalue weighted by Gasteiger charge is -2.19. The summed E-state index contributed by atoms with van der Waals surface area (Å²) in [6.45, 7) is 3.45. The van der Waals surface area contributed by atoms with Crippen LogP contribution >= 0.6 is 7.82 Å². The van der Waals surface area contributed by atoms with Gasteiger partial charge in [0.15, 0.2) is 6.10 Å². The van der Waals surface area contributed by atoms with Crippen molar-refractivity contribution in [2.45, 2.75) is 136 Å². The Hall–Kier alpha value is -2.81. The Morgan fingerprint density at radius 3 is 1.82 bits per heavy atom. The second-order valence-corrected chi connectivity index (χ2v) is 13.6. The van der Waals surface area contributed by atoms with Gasteiger partial charge in [0.05, 0.1) is 13.2 Å². The van der Waals surface area contributed by atoms with Crippen molar-refractivity contribution in [3.63, 3.8) is 0 Å². The third-order valence-electron chi connectivity index (χ3n) is 7.36. The standard InChI is InChI=1S/C41H68NO8P/c1-3-5-7-9-11-13-15-17-19-21-23-25-27-29-31-33-40(43)47-37-39(38-49-51(45,46)48-36-35-42)50-41(44)34-32-30-28-26-24-22-20-18-16-14-12-10-8-6-4-2/h6,8,10-14,16-20,23,25,39H,3-5,7,9,15,21-22,24,26-38,42H2,1-2H3,(H,45,46)/b8-6+,12-10+,13-11+,16-14+,19-17+,20-18+,25-23+/t39-/m1/s1. The summed E-state index contributed by atoms with van der Waals surface area (Å²) < 4.78 is 32.6. The van der Waals surface area contributed by atoms with Crippen molar-refractivity contribution in [1.29, 1.82) is 0 Å². The summed E-state index contributed by atoms with van der Waals surface area (Å²) >= 11 is 0. The topological polar surface area (TPSA) is 134 Å². The quantitative estimate of drug-likeness (QED) is 0.0218. The Bertz CT molecular complexity index is 1110. The molecule has 51 heavy (non-hydrogen) atoms. The lowest BCUT2D eigenvalue weighted by atomic mass is 10.1. The zero-order chi connectivity index (χ0) is 37.5. The van der Waals surface area contributed by atoms with Crippen LogP contribution in [0.3, 0.4) is 0 Å². The van der Waals surface area contributed by atoms with Crippen LogP contribution in [0.4, 0.5) is 0 Å². The highest BCUT2D eigenvalue weighted by Crippen LogP contribution is 2.43. The first kappa shape index (κ1) is 48.2. The van der Waals surface area contributed by atoms with Gasteiger partial charge in [-0.05, 0) is 70.6 Å². The molecule has 2 atom stereocenters. The molecule has 0 aromatic carbocycles. The Labute approximate surface area is 309 Å². The maximum atomic E-state index is 12.5. The van der Waals surface area contributed by atoms with Crippen LogP contribution in [0.5, 0.6) is 0 Å². The molecule has 0 aromatic heterocycles. The van der Waals surface area contributed by atoms with Crippen molar-refractivity contribution in [3.8, 4) is 0 Å². The van der Waals surface area contributed by atoms with Gasteiger partial charge in [-0.2, -0.15) is 0 Å². The SMILES string of the molecule is CC/C=C/C=C/C=C/C=C/CCCCCCCC(=O)O[C@H](COC(=O)CCCC/C=C/C/C=C/C/C=C/CCCCC)COP(=O)(O)OCCN. The first-order valence-corrected chi connectivity index (χ1v) is 20.6. The van der Waals surface area contributed by atoms with E-state index in [1.807, 2.05) is 30.4 Å². The number of carbonyl (C=O) groups excluding carboxylic acids is 2. The maximum Gasteiger partial charge on any atom is 0.472 e. The summed E-state index contributed by atoms with van der Waals surface area (Å²) in [5.41, 5.74) is 5.33. The minimum atomic E-state index is -4.39.